The molecule has 1 fully saturated rings. The number of amides is 1. The average Bonchev–Trinajstić information content (AvgIpc) is 2.83. The van der Waals surface area contributed by atoms with Gasteiger partial charge in [0.2, 0.25) is 0 Å². The van der Waals surface area contributed by atoms with Crippen LogP contribution in [0.15, 0.2) is 28.1 Å². The number of likely N-dealkylation sites (N-methyl/N-ethyl adjacent to an activating group) is 1. The fourth-order valence-corrected chi connectivity index (χ4v) is 3.21. The second kappa shape index (κ2) is 7.35. The van der Waals surface area contributed by atoms with Gasteiger partial charge in [0.25, 0.3) is 5.91 Å². The van der Waals surface area contributed by atoms with Crippen LogP contribution in [0.1, 0.15) is 19.4 Å². The Bertz CT molecular complexity index is 626. The van der Waals surface area contributed by atoms with Crippen molar-refractivity contribution in [3.63, 3.8) is 0 Å². The summed E-state index contributed by atoms with van der Waals surface area (Å²) in [6.45, 7) is 5.17. The first-order chi connectivity index (χ1) is 10.6. The molecule has 6 heteroatoms. The van der Waals surface area contributed by atoms with Gasteiger partial charge in [-0.25, -0.2) is 0 Å². The fourth-order valence-electron chi connectivity index (χ4n) is 2.12. The first-order valence-corrected chi connectivity index (χ1v) is 7.94. The van der Waals surface area contributed by atoms with Crippen LogP contribution >= 0.6 is 11.8 Å². The molecular weight excluding hydrogens is 300 g/mol. The van der Waals surface area contributed by atoms with Gasteiger partial charge in [-0.1, -0.05) is 0 Å². The van der Waals surface area contributed by atoms with Gasteiger partial charge in [-0.05, 0) is 43.8 Å². The van der Waals surface area contributed by atoms with E-state index >= 15 is 0 Å². The number of carbonyl (C=O) groups excluding carboxylic acids is 1. The Hall–Kier alpha value is -1.95. The molecule has 0 saturated carbocycles. The quantitative estimate of drug-likeness (QED) is 0.783. The monoisotopic (exact) mass is 320 g/mol. The lowest BCUT2D eigenvalue weighted by molar-refractivity contribution is -0.122. The fraction of sp³-hybridized carbons (Fsp3) is 0.375. The topological polar surface area (TPSA) is 51.1 Å². The summed E-state index contributed by atoms with van der Waals surface area (Å²) in [4.78, 5) is 19.2. The molecule has 1 aromatic carbocycles. The van der Waals surface area contributed by atoms with Crippen LogP contribution in [0.4, 0.5) is 0 Å². The first-order valence-electron chi connectivity index (χ1n) is 7.12. The predicted molar refractivity (Wildman–Crippen MR) is 90.5 cm³/mol. The number of hydrogen-bond acceptors (Lipinski definition) is 5. The molecule has 0 atom stereocenters. The van der Waals surface area contributed by atoms with Crippen molar-refractivity contribution in [1.29, 1.82) is 0 Å². The number of methoxy groups -OCH3 is 2. The highest BCUT2D eigenvalue weighted by Gasteiger charge is 2.32. The molecule has 0 bridgehead atoms. The third kappa shape index (κ3) is 3.27. The second-order valence-corrected chi connectivity index (χ2v) is 5.53. The molecule has 2 rings (SSSR count). The molecule has 0 unspecified atom stereocenters. The van der Waals surface area contributed by atoms with Crippen LogP contribution < -0.4 is 9.47 Å². The largest absolute Gasteiger partial charge is 0.497 e. The van der Waals surface area contributed by atoms with Gasteiger partial charge in [-0.2, -0.15) is 0 Å². The molecule has 0 N–H and O–H groups in total. The van der Waals surface area contributed by atoms with E-state index in [1.165, 1.54) is 11.8 Å². The Balaban J connectivity index is 2.37. The number of rotatable bonds is 5. The van der Waals surface area contributed by atoms with E-state index in [9.17, 15) is 4.79 Å². The Morgan fingerprint density at radius 2 is 2.05 bits per heavy atom. The molecule has 1 heterocycles. The molecule has 118 valence electrons. The molecule has 1 aliphatic heterocycles. The Morgan fingerprint density at radius 3 is 2.64 bits per heavy atom. The second-order valence-electron chi connectivity index (χ2n) is 4.52. The van der Waals surface area contributed by atoms with Crippen LogP contribution in [-0.4, -0.2) is 43.3 Å². The molecular formula is C16H20N2O3S. The third-order valence-corrected chi connectivity index (χ3v) is 4.27. The van der Waals surface area contributed by atoms with Crippen molar-refractivity contribution in [1.82, 2.24) is 4.90 Å². The van der Waals surface area contributed by atoms with E-state index in [1.807, 2.05) is 32.1 Å². The molecule has 5 nitrogen and oxygen atoms in total. The van der Waals surface area contributed by atoms with Crippen molar-refractivity contribution in [2.75, 3.05) is 27.3 Å². The number of amidine groups is 1. The van der Waals surface area contributed by atoms with E-state index in [1.54, 1.807) is 25.2 Å². The van der Waals surface area contributed by atoms with Crippen LogP contribution in [0.2, 0.25) is 0 Å². The SMILES string of the molecule is CCN=C1S/C(=C\c2ccc(OC)cc2OC)C(=O)N1CC. The summed E-state index contributed by atoms with van der Waals surface area (Å²) >= 11 is 1.40. The maximum atomic E-state index is 12.4. The molecule has 1 amide bonds. The molecule has 0 spiro atoms. The van der Waals surface area contributed by atoms with Gasteiger partial charge in [0.05, 0.1) is 19.1 Å². The van der Waals surface area contributed by atoms with Gasteiger partial charge in [0.15, 0.2) is 5.17 Å². The Morgan fingerprint density at radius 1 is 1.27 bits per heavy atom. The van der Waals surface area contributed by atoms with Crippen LogP contribution in [0, 0.1) is 0 Å². The van der Waals surface area contributed by atoms with Gasteiger partial charge in [0.1, 0.15) is 11.5 Å². The van der Waals surface area contributed by atoms with E-state index in [4.69, 9.17) is 9.47 Å². The average molecular weight is 320 g/mol. The highest BCUT2D eigenvalue weighted by Crippen LogP contribution is 2.35. The Labute approximate surface area is 135 Å². The van der Waals surface area contributed by atoms with Crippen LogP contribution in [0.25, 0.3) is 6.08 Å². The lowest BCUT2D eigenvalue weighted by Gasteiger charge is -2.11. The standard InChI is InChI=1S/C16H20N2O3S/c1-5-17-16-18(6-2)15(19)14(22-16)9-11-7-8-12(20-3)10-13(11)21-4/h7-10H,5-6H2,1-4H3/b14-9-,17-16?. The number of carbonyl (C=O) groups is 1. The normalized spacial score (nSPS) is 18.4. The molecule has 0 aliphatic carbocycles. The predicted octanol–water partition coefficient (Wildman–Crippen LogP) is 3.02. The number of hydrogen-bond donors (Lipinski definition) is 0. The smallest absolute Gasteiger partial charge is 0.266 e. The Kier molecular flexibility index (Phi) is 5.49. The van der Waals surface area contributed by atoms with E-state index in [0.717, 1.165) is 10.7 Å². The minimum Gasteiger partial charge on any atom is -0.497 e. The molecule has 0 aromatic heterocycles. The van der Waals surface area contributed by atoms with Crippen molar-refractivity contribution in [2.45, 2.75) is 13.8 Å². The highest BCUT2D eigenvalue weighted by atomic mass is 32.2. The highest BCUT2D eigenvalue weighted by molar-refractivity contribution is 8.18. The summed E-state index contributed by atoms with van der Waals surface area (Å²) in [5.41, 5.74) is 0.841. The first kappa shape index (κ1) is 16.4. The third-order valence-electron chi connectivity index (χ3n) is 3.22. The number of thioether (sulfide) groups is 1. The maximum absolute atomic E-state index is 12.4. The van der Waals surface area contributed by atoms with E-state index < -0.39 is 0 Å². The van der Waals surface area contributed by atoms with Gasteiger partial charge in [0, 0.05) is 24.7 Å². The van der Waals surface area contributed by atoms with Crippen molar-refractivity contribution in [2.24, 2.45) is 4.99 Å². The number of benzene rings is 1. The number of aliphatic imine (C=N–C) groups is 1. The van der Waals surface area contributed by atoms with Crippen molar-refractivity contribution >= 4 is 28.9 Å². The van der Waals surface area contributed by atoms with Crippen molar-refractivity contribution < 1.29 is 14.3 Å². The van der Waals surface area contributed by atoms with Crippen LogP contribution in [0.5, 0.6) is 11.5 Å². The summed E-state index contributed by atoms with van der Waals surface area (Å²) in [5, 5.41) is 0.758. The zero-order valence-electron chi connectivity index (χ0n) is 13.3. The summed E-state index contributed by atoms with van der Waals surface area (Å²) in [6, 6.07) is 5.52. The van der Waals surface area contributed by atoms with Gasteiger partial charge < -0.3 is 9.47 Å². The zero-order valence-corrected chi connectivity index (χ0v) is 14.1. The zero-order chi connectivity index (χ0) is 16.1. The summed E-state index contributed by atoms with van der Waals surface area (Å²) < 4.78 is 10.6. The van der Waals surface area contributed by atoms with Crippen LogP contribution in [0.3, 0.4) is 0 Å². The number of nitrogens with zero attached hydrogens (tertiary/aromatic N) is 2. The minimum absolute atomic E-state index is 0.0161. The van der Waals surface area contributed by atoms with Gasteiger partial charge >= 0.3 is 0 Å². The molecule has 1 aliphatic rings. The minimum atomic E-state index is -0.0161. The van der Waals surface area contributed by atoms with Crippen molar-refractivity contribution in [3.8, 4) is 11.5 Å². The maximum Gasteiger partial charge on any atom is 0.266 e. The summed E-state index contributed by atoms with van der Waals surface area (Å²) in [7, 11) is 3.21. The molecule has 0 radical (unpaired) electrons. The van der Waals surface area contributed by atoms with E-state index in [0.29, 0.717) is 29.5 Å². The molecule has 1 aromatic rings. The van der Waals surface area contributed by atoms with E-state index in [2.05, 4.69) is 4.99 Å². The summed E-state index contributed by atoms with van der Waals surface area (Å²) in [6.07, 6.45) is 1.84. The van der Waals surface area contributed by atoms with Gasteiger partial charge in [-0.15, -0.1) is 0 Å². The lowest BCUT2D eigenvalue weighted by atomic mass is 10.1. The van der Waals surface area contributed by atoms with Crippen molar-refractivity contribution in [3.05, 3.63) is 28.7 Å². The summed E-state index contributed by atoms with van der Waals surface area (Å²) in [5.74, 6) is 1.37. The molecule has 1 saturated heterocycles. The lowest BCUT2D eigenvalue weighted by Crippen LogP contribution is -2.28. The van der Waals surface area contributed by atoms with Crippen LogP contribution in [-0.2, 0) is 4.79 Å². The van der Waals surface area contributed by atoms with Gasteiger partial charge in [-0.3, -0.25) is 14.7 Å². The number of ether oxygens (including phenoxy) is 2. The molecule has 22 heavy (non-hydrogen) atoms. The van der Waals surface area contributed by atoms with E-state index in [-0.39, 0.29) is 5.91 Å².